The Kier molecular flexibility index (Phi) is 5.88. The van der Waals surface area contributed by atoms with Crippen molar-refractivity contribution in [3.8, 4) is 17.2 Å². The van der Waals surface area contributed by atoms with Crippen molar-refractivity contribution < 1.29 is 28.6 Å². The first kappa shape index (κ1) is 20.4. The maximum atomic E-state index is 13.1. The van der Waals surface area contributed by atoms with Crippen molar-refractivity contribution in [1.29, 1.82) is 0 Å². The van der Waals surface area contributed by atoms with Gasteiger partial charge in [-0.2, -0.15) is 0 Å². The second-order valence-electron chi connectivity index (χ2n) is 5.89. The molecule has 0 bridgehead atoms. The van der Waals surface area contributed by atoms with E-state index in [0.29, 0.717) is 21.5 Å². The van der Waals surface area contributed by atoms with E-state index in [1.807, 2.05) is 0 Å². The van der Waals surface area contributed by atoms with E-state index in [0.717, 1.165) is 4.90 Å². The number of imide groups is 2. The maximum absolute atomic E-state index is 13.1. The van der Waals surface area contributed by atoms with E-state index in [9.17, 15) is 14.4 Å². The Morgan fingerprint density at radius 2 is 1.62 bits per heavy atom. The van der Waals surface area contributed by atoms with E-state index in [1.54, 1.807) is 30.3 Å². The Morgan fingerprint density at radius 1 is 0.931 bits per heavy atom. The summed E-state index contributed by atoms with van der Waals surface area (Å²) in [6.45, 7) is 0. The molecule has 0 spiro atoms. The molecule has 0 aliphatic carbocycles. The smallest absolute Gasteiger partial charge is 0.336 e. The minimum atomic E-state index is -0.875. The number of halogens is 1. The normalized spacial score (nSPS) is 15.4. The highest BCUT2D eigenvalue weighted by Crippen LogP contribution is 2.34. The Labute approximate surface area is 175 Å². The van der Waals surface area contributed by atoms with E-state index in [4.69, 9.17) is 14.2 Å². The average molecular weight is 461 g/mol. The number of ether oxygens (including phenoxy) is 3. The molecule has 3 rings (SSSR count). The van der Waals surface area contributed by atoms with Gasteiger partial charge in [-0.1, -0.05) is 6.07 Å². The number of benzene rings is 2. The van der Waals surface area contributed by atoms with Gasteiger partial charge in [-0.05, 0) is 51.8 Å². The summed E-state index contributed by atoms with van der Waals surface area (Å²) < 4.78 is 16.3. The molecular weight excluding hydrogens is 444 g/mol. The number of anilines is 1. The van der Waals surface area contributed by atoms with Crippen LogP contribution in [0.4, 0.5) is 10.5 Å². The van der Waals surface area contributed by atoms with Gasteiger partial charge in [0.05, 0.1) is 31.5 Å². The second-order valence-corrected chi connectivity index (χ2v) is 6.74. The highest BCUT2D eigenvalue weighted by molar-refractivity contribution is 9.10. The summed E-state index contributed by atoms with van der Waals surface area (Å²) in [5.74, 6) is -0.273. The van der Waals surface area contributed by atoms with Crippen molar-refractivity contribution in [2.75, 3.05) is 26.2 Å². The molecule has 1 aliphatic rings. The molecule has 0 aromatic heterocycles. The maximum Gasteiger partial charge on any atom is 0.336 e. The fourth-order valence-corrected chi connectivity index (χ4v) is 3.35. The minimum absolute atomic E-state index is 0.156. The van der Waals surface area contributed by atoms with E-state index in [1.165, 1.54) is 33.5 Å². The van der Waals surface area contributed by atoms with Gasteiger partial charge in [0.2, 0.25) is 0 Å². The zero-order valence-electron chi connectivity index (χ0n) is 15.8. The fourth-order valence-electron chi connectivity index (χ4n) is 2.79. The quantitative estimate of drug-likeness (QED) is 0.543. The van der Waals surface area contributed by atoms with Gasteiger partial charge in [0.25, 0.3) is 11.8 Å². The van der Waals surface area contributed by atoms with Crippen LogP contribution in [-0.4, -0.2) is 39.2 Å². The van der Waals surface area contributed by atoms with E-state index >= 15 is 0 Å². The molecule has 2 aromatic carbocycles. The number of carbonyl (C=O) groups is 3. The number of nitrogens with zero attached hydrogens (tertiary/aromatic N) is 1. The summed E-state index contributed by atoms with van der Waals surface area (Å²) in [5, 5.41) is 2.18. The van der Waals surface area contributed by atoms with Crippen LogP contribution in [-0.2, 0) is 9.59 Å². The molecule has 1 N–H and O–H groups in total. The molecule has 1 heterocycles. The summed E-state index contributed by atoms with van der Waals surface area (Å²) in [6, 6.07) is 8.87. The standard InChI is InChI=1S/C20H17BrN2O6/c1-27-12-5-7-17(29-3)15(10-12)23-19(25)13(18(24)22-20(23)26)8-11-4-6-16(28-2)14(21)9-11/h4-10H,1-3H3,(H,22,24,26)/b13-8+. The molecule has 4 amide bonds. The molecule has 29 heavy (non-hydrogen) atoms. The van der Waals surface area contributed by atoms with Gasteiger partial charge in [0.1, 0.15) is 22.8 Å². The zero-order chi connectivity index (χ0) is 21.1. The van der Waals surface area contributed by atoms with Crippen molar-refractivity contribution in [3.63, 3.8) is 0 Å². The number of hydrogen-bond acceptors (Lipinski definition) is 6. The third kappa shape index (κ3) is 3.95. The predicted molar refractivity (Wildman–Crippen MR) is 109 cm³/mol. The number of barbiturate groups is 1. The van der Waals surface area contributed by atoms with Gasteiger partial charge >= 0.3 is 6.03 Å². The molecule has 0 unspecified atom stereocenters. The highest BCUT2D eigenvalue weighted by atomic mass is 79.9. The van der Waals surface area contributed by atoms with Crippen LogP contribution in [0.15, 0.2) is 46.4 Å². The predicted octanol–water partition coefficient (Wildman–Crippen LogP) is 3.14. The summed E-state index contributed by atoms with van der Waals surface area (Å²) >= 11 is 3.36. The molecule has 150 valence electrons. The Hall–Kier alpha value is -3.33. The number of carbonyl (C=O) groups excluding carboxylic acids is 3. The van der Waals surface area contributed by atoms with Crippen molar-refractivity contribution in [3.05, 3.63) is 52.0 Å². The molecule has 1 fully saturated rings. The van der Waals surface area contributed by atoms with Gasteiger partial charge in [-0.15, -0.1) is 0 Å². The van der Waals surface area contributed by atoms with Crippen LogP contribution in [0, 0.1) is 0 Å². The number of amides is 4. The van der Waals surface area contributed by atoms with Gasteiger partial charge in [0.15, 0.2) is 0 Å². The van der Waals surface area contributed by atoms with Crippen molar-refractivity contribution >= 4 is 45.5 Å². The highest BCUT2D eigenvalue weighted by Gasteiger charge is 2.38. The molecule has 0 radical (unpaired) electrons. The molecule has 8 nitrogen and oxygen atoms in total. The summed E-state index contributed by atoms with van der Waals surface area (Å²) in [7, 11) is 4.40. The number of methoxy groups -OCH3 is 3. The number of hydrogen-bond donors (Lipinski definition) is 1. The lowest BCUT2D eigenvalue weighted by atomic mass is 10.1. The van der Waals surface area contributed by atoms with E-state index in [-0.39, 0.29) is 17.0 Å². The first-order valence-electron chi connectivity index (χ1n) is 8.36. The van der Waals surface area contributed by atoms with Crippen LogP contribution in [0.2, 0.25) is 0 Å². The first-order chi connectivity index (χ1) is 13.9. The largest absolute Gasteiger partial charge is 0.497 e. The SMILES string of the molecule is COc1ccc(OC)c(N2C(=O)NC(=O)/C(=C\c3ccc(OC)c(Br)c3)C2=O)c1. The molecule has 0 saturated carbocycles. The Morgan fingerprint density at radius 3 is 2.24 bits per heavy atom. The Bertz CT molecular complexity index is 1030. The lowest BCUT2D eigenvalue weighted by molar-refractivity contribution is -0.122. The van der Waals surface area contributed by atoms with Crippen LogP contribution in [0.3, 0.4) is 0 Å². The van der Waals surface area contributed by atoms with Crippen LogP contribution in [0.5, 0.6) is 17.2 Å². The number of rotatable bonds is 5. The lowest BCUT2D eigenvalue weighted by Crippen LogP contribution is -2.54. The minimum Gasteiger partial charge on any atom is -0.497 e. The van der Waals surface area contributed by atoms with Gasteiger partial charge < -0.3 is 14.2 Å². The summed E-state index contributed by atoms with van der Waals surface area (Å²) in [5.41, 5.74) is 0.526. The first-order valence-corrected chi connectivity index (χ1v) is 9.16. The average Bonchev–Trinajstić information content (AvgIpc) is 2.71. The molecule has 2 aromatic rings. The Balaban J connectivity index is 2.06. The third-order valence-electron chi connectivity index (χ3n) is 4.22. The third-order valence-corrected chi connectivity index (χ3v) is 4.84. The number of nitrogens with one attached hydrogen (secondary N) is 1. The van der Waals surface area contributed by atoms with Gasteiger partial charge in [-0.25, -0.2) is 9.69 Å². The molecule has 1 aliphatic heterocycles. The molecule has 0 atom stereocenters. The molecule has 9 heteroatoms. The van der Waals surface area contributed by atoms with Crippen LogP contribution < -0.4 is 24.4 Å². The van der Waals surface area contributed by atoms with E-state index in [2.05, 4.69) is 21.2 Å². The molecular formula is C20H17BrN2O6. The van der Waals surface area contributed by atoms with Crippen LogP contribution >= 0.6 is 15.9 Å². The summed E-state index contributed by atoms with van der Waals surface area (Å²) in [4.78, 5) is 38.7. The monoisotopic (exact) mass is 460 g/mol. The van der Waals surface area contributed by atoms with Crippen LogP contribution in [0.1, 0.15) is 5.56 Å². The van der Waals surface area contributed by atoms with Gasteiger partial charge in [0, 0.05) is 6.07 Å². The topological polar surface area (TPSA) is 94.2 Å². The second kappa shape index (κ2) is 8.36. The van der Waals surface area contributed by atoms with Gasteiger partial charge in [-0.3, -0.25) is 14.9 Å². The number of urea groups is 1. The lowest BCUT2D eigenvalue weighted by Gasteiger charge is -2.27. The summed E-state index contributed by atoms with van der Waals surface area (Å²) in [6.07, 6.45) is 1.40. The molecule has 1 saturated heterocycles. The fraction of sp³-hybridized carbons (Fsp3) is 0.150. The van der Waals surface area contributed by atoms with Crippen molar-refractivity contribution in [1.82, 2.24) is 5.32 Å². The van der Waals surface area contributed by atoms with Crippen LogP contribution in [0.25, 0.3) is 6.08 Å². The van der Waals surface area contributed by atoms with E-state index < -0.39 is 17.8 Å². The van der Waals surface area contributed by atoms with Crippen molar-refractivity contribution in [2.45, 2.75) is 0 Å². The van der Waals surface area contributed by atoms with Crippen molar-refractivity contribution in [2.24, 2.45) is 0 Å². The zero-order valence-corrected chi connectivity index (χ0v) is 17.4.